The van der Waals surface area contributed by atoms with E-state index >= 15 is 0 Å². The number of hydrogen-bond acceptors (Lipinski definition) is 5. The summed E-state index contributed by atoms with van der Waals surface area (Å²) in [5.41, 5.74) is 1.63. The third-order valence-corrected chi connectivity index (χ3v) is 7.28. The molecule has 0 bridgehead atoms. The number of carbonyl (C=O) groups is 1. The summed E-state index contributed by atoms with van der Waals surface area (Å²) >= 11 is 1.54. The third kappa shape index (κ3) is 4.90. The Hall–Kier alpha value is -1.77. The van der Waals surface area contributed by atoms with Crippen LogP contribution in [0.1, 0.15) is 41.9 Å². The second kappa shape index (κ2) is 8.28. The minimum Gasteiger partial charge on any atom is -0.351 e. The molecule has 8 heteroatoms. The monoisotopic (exact) mass is 393 g/mol. The molecule has 1 atom stereocenters. The third-order valence-electron chi connectivity index (χ3n) is 4.41. The lowest BCUT2D eigenvalue weighted by molar-refractivity contribution is -0.119. The molecule has 0 spiro atoms. The molecule has 2 heterocycles. The molecule has 1 aliphatic heterocycles. The standard InChI is InChI=1S/C18H23N3O3S2/c1-14(22)19-10-17-12-25-18(20-17)16-8-5-9-21(11-16)26(23,24)13-15-6-3-2-4-7-15/h2-4,6-7,12,16H,5,8-11,13H2,1H3,(H,19,22). The van der Waals surface area contributed by atoms with Crippen LogP contribution in [0.25, 0.3) is 0 Å². The summed E-state index contributed by atoms with van der Waals surface area (Å²) in [7, 11) is -3.34. The van der Waals surface area contributed by atoms with E-state index in [2.05, 4.69) is 10.3 Å². The fraction of sp³-hybridized carbons (Fsp3) is 0.444. The molecule has 1 aromatic heterocycles. The van der Waals surface area contributed by atoms with Crippen LogP contribution in [0.15, 0.2) is 35.7 Å². The Morgan fingerprint density at radius 1 is 1.35 bits per heavy atom. The van der Waals surface area contributed by atoms with Crippen LogP contribution >= 0.6 is 11.3 Å². The molecule has 2 aromatic rings. The van der Waals surface area contributed by atoms with Crippen LogP contribution in [0.5, 0.6) is 0 Å². The fourth-order valence-corrected chi connectivity index (χ4v) is 5.64. The number of thiazole rings is 1. The molecular weight excluding hydrogens is 370 g/mol. The summed E-state index contributed by atoms with van der Waals surface area (Å²) in [6.07, 6.45) is 1.77. The first kappa shape index (κ1) is 19.0. The van der Waals surface area contributed by atoms with E-state index in [1.165, 1.54) is 6.92 Å². The van der Waals surface area contributed by atoms with Gasteiger partial charge in [-0.05, 0) is 18.4 Å². The van der Waals surface area contributed by atoms with E-state index in [1.54, 1.807) is 15.6 Å². The van der Waals surface area contributed by atoms with Crippen LogP contribution in [-0.2, 0) is 27.1 Å². The van der Waals surface area contributed by atoms with Gasteiger partial charge < -0.3 is 5.32 Å². The molecule has 140 valence electrons. The lowest BCUT2D eigenvalue weighted by Gasteiger charge is -2.31. The summed E-state index contributed by atoms with van der Waals surface area (Å²) in [6, 6.07) is 9.28. The van der Waals surface area contributed by atoms with E-state index in [9.17, 15) is 13.2 Å². The normalized spacial score (nSPS) is 18.6. The van der Waals surface area contributed by atoms with Crippen molar-refractivity contribution in [2.45, 2.75) is 38.0 Å². The minimum absolute atomic E-state index is 0.0339. The number of benzene rings is 1. The maximum absolute atomic E-state index is 12.8. The van der Waals surface area contributed by atoms with Crippen LogP contribution in [-0.4, -0.2) is 36.7 Å². The zero-order chi connectivity index (χ0) is 18.6. The van der Waals surface area contributed by atoms with Crippen molar-refractivity contribution in [2.24, 2.45) is 0 Å². The highest BCUT2D eigenvalue weighted by molar-refractivity contribution is 7.88. The Labute approximate surface area is 158 Å². The van der Waals surface area contributed by atoms with Gasteiger partial charge in [0.15, 0.2) is 0 Å². The van der Waals surface area contributed by atoms with Gasteiger partial charge in [0.1, 0.15) is 0 Å². The SMILES string of the molecule is CC(=O)NCc1csc(C2CCCN(S(=O)(=O)Cc3ccccc3)C2)n1. The number of amides is 1. The van der Waals surface area contributed by atoms with E-state index in [0.29, 0.717) is 19.6 Å². The van der Waals surface area contributed by atoms with Gasteiger partial charge in [0.2, 0.25) is 15.9 Å². The number of rotatable bonds is 6. The number of nitrogens with one attached hydrogen (secondary N) is 1. The second-order valence-electron chi connectivity index (χ2n) is 6.53. The Bertz CT molecular complexity index is 850. The first-order chi connectivity index (χ1) is 12.4. The van der Waals surface area contributed by atoms with Crippen molar-refractivity contribution in [3.8, 4) is 0 Å². The lowest BCUT2D eigenvalue weighted by atomic mass is 10.0. The molecule has 6 nitrogen and oxygen atoms in total. The van der Waals surface area contributed by atoms with Crippen LogP contribution < -0.4 is 5.32 Å². The molecule has 3 rings (SSSR count). The highest BCUT2D eigenvalue weighted by Gasteiger charge is 2.31. The highest BCUT2D eigenvalue weighted by atomic mass is 32.2. The maximum atomic E-state index is 12.8. The Kier molecular flexibility index (Phi) is 6.05. The Morgan fingerprint density at radius 2 is 2.12 bits per heavy atom. The van der Waals surface area contributed by atoms with Crippen molar-refractivity contribution < 1.29 is 13.2 Å². The molecule has 0 aliphatic carbocycles. The number of hydrogen-bond donors (Lipinski definition) is 1. The summed E-state index contributed by atoms with van der Waals surface area (Å²) in [5, 5.41) is 5.62. The van der Waals surface area contributed by atoms with E-state index in [-0.39, 0.29) is 17.6 Å². The summed E-state index contributed by atoms with van der Waals surface area (Å²) < 4.78 is 27.2. The van der Waals surface area contributed by atoms with Crippen molar-refractivity contribution >= 4 is 27.3 Å². The topological polar surface area (TPSA) is 79.4 Å². The predicted molar refractivity (Wildman–Crippen MR) is 102 cm³/mol. The van der Waals surface area contributed by atoms with Gasteiger partial charge in [-0.25, -0.2) is 17.7 Å². The molecule has 1 N–H and O–H groups in total. The molecule has 1 aromatic carbocycles. The predicted octanol–water partition coefficient (Wildman–Crippen LogP) is 2.49. The van der Waals surface area contributed by atoms with E-state index in [0.717, 1.165) is 29.1 Å². The van der Waals surface area contributed by atoms with Gasteiger partial charge in [0, 0.05) is 31.3 Å². The molecule has 1 fully saturated rings. The number of aromatic nitrogens is 1. The summed E-state index contributed by atoms with van der Waals surface area (Å²) in [5.74, 6) is 0.0624. The molecule has 0 saturated carbocycles. The van der Waals surface area contributed by atoms with Crippen molar-refractivity contribution in [3.05, 3.63) is 52.0 Å². The first-order valence-electron chi connectivity index (χ1n) is 8.64. The Balaban J connectivity index is 1.66. The molecule has 1 amide bonds. The van der Waals surface area contributed by atoms with Gasteiger partial charge in [-0.15, -0.1) is 11.3 Å². The molecule has 1 saturated heterocycles. The van der Waals surface area contributed by atoms with Gasteiger partial charge in [0.25, 0.3) is 0 Å². The van der Waals surface area contributed by atoms with E-state index in [1.807, 2.05) is 35.7 Å². The minimum atomic E-state index is -3.34. The summed E-state index contributed by atoms with van der Waals surface area (Å²) in [6.45, 7) is 2.93. The number of piperidine rings is 1. The molecule has 0 radical (unpaired) electrons. The summed E-state index contributed by atoms with van der Waals surface area (Å²) in [4.78, 5) is 15.6. The van der Waals surface area contributed by atoms with Crippen LogP contribution in [0.4, 0.5) is 0 Å². The number of carbonyl (C=O) groups excluding carboxylic acids is 1. The van der Waals surface area contributed by atoms with Gasteiger partial charge in [-0.2, -0.15) is 0 Å². The second-order valence-corrected chi connectivity index (χ2v) is 9.38. The van der Waals surface area contributed by atoms with Crippen molar-refractivity contribution in [2.75, 3.05) is 13.1 Å². The smallest absolute Gasteiger partial charge is 0.218 e. The van der Waals surface area contributed by atoms with Gasteiger partial charge >= 0.3 is 0 Å². The average molecular weight is 394 g/mol. The van der Waals surface area contributed by atoms with Crippen molar-refractivity contribution in [1.82, 2.24) is 14.6 Å². The number of nitrogens with zero attached hydrogens (tertiary/aromatic N) is 2. The molecule has 1 aliphatic rings. The average Bonchev–Trinajstić information content (AvgIpc) is 3.10. The van der Waals surface area contributed by atoms with Crippen LogP contribution in [0.2, 0.25) is 0 Å². The quantitative estimate of drug-likeness (QED) is 0.818. The molecule has 1 unspecified atom stereocenters. The zero-order valence-electron chi connectivity index (χ0n) is 14.7. The lowest BCUT2D eigenvalue weighted by Crippen LogP contribution is -2.39. The Morgan fingerprint density at radius 3 is 2.85 bits per heavy atom. The van der Waals surface area contributed by atoms with E-state index < -0.39 is 10.0 Å². The van der Waals surface area contributed by atoms with Gasteiger partial charge in [-0.3, -0.25) is 4.79 Å². The maximum Gasteiger partial charge on any atom is 0.218 e. The number of sulfonamides is 1. The van der Waals surface area contributed by atoms with Gasteiger partial charge in [-0.1, -0.05) is 30.3 Å². The van der Waals surface area contributed by atoms with Crippen LogP contribution in [0, 0.1) is 0 Å². The molecular formula is C18H23N3O3S2. The molecule has 26 heavy (non-hydrogen) atoms. The fourth-order valence-electron chi connectivity index (χ4n) is 3.08. The first-order valence-corrected chi connectivity index (χ1v) is 11.1. The zero-order valence-corrected chi connectivity index (χ0v) is 16.4. The van der Waals surface area contributed by atoms with Crippen LogP contribution in [0.3, 0.4) is 0 Å². The van der Waals surface area contributed by atoms with Crippen molar-refractivity contribution in [3.63, 3.8) is 0 Å². The van der Waals surface area contributed by atoms with Gasteiger partial charge in [0.05, 0.1) is 23.0 Å². The van der Waals surface area contributed by atoms with Crippen molar-refractivity contribution in [1.29, 1.82) is 0 Å². The highest BCUT2D eigenvalue weighted by Crippen LogP contribution is 2.31. The largest absolute Gasteiger partial charge is 0.351 e. The van der Waals surface area contributed by atoms with E-state index in [4.69, 9.17) is 0 Å².